The van der Waals surface area contributed by atoms with Gasteiger partial charge in [0.2, 0.25) is 5.91 Å². The van der Waals surface area contributed by atoms with E-state index in [2.05, 4.69) is 10.3 Å². The van der Waals surface area contributed by atoms with Crippen molar-refractivity contribution < 1.29 is 14.4 Å². The van der Waals surface area contributed by atoms with Crippen molar-refractivity contribution in [2.24, 2.45) is 5.92 Å². The number of benzene rings is 2. The lowest BCUT2D eigenvalue weighted by molar-refractivity contribution is -0.126. The maximum Gasteiger partial charge on any atom is 0.262 e. The molecule has 0 bridgehead atoms. The lowest BCUT2D eigenvalue weighted by Gasteiger charge is -2.28. The van der Waals surface area contributed by atoms with Gasteiger partial charge < -0.3 is 9.88 Å². The van der Waals surface area contributed by atoms with Gasteiger partial charge in [0.15, 0.2) is 0 Å². The Morgan fingerprint density at radius 1 is 0.968 bits per heavy atom. The van der Waals surface area contributed by atoms with Crippen LogP contribution in [0.4, 0.5) is 0 Å². The van der Waals surface area contributed by atoms with E-state index in [1.807, 2.05) is 48.9 Å². The molecule has 7 nitrogen and oxygen atoms in total. The molecule has 4 rings (SSSR count). The standard InChI is InChI=1S/C24H24N4O3/c1-16(2)21(28-23(30)19-9-5-6-10-20(19)24(28)31)22(29)26-13-17-7-3-4-8-18(17)14-27-12-11-25-15-27/h3-12,15-16,21H,13-14H2,1-2H3,(H,26,29). The molecule has 0 fully saturated rings. The summed E-state index contributed by atoms with van der Waals surface area (Å²) < 4.78 is 1.95. The number of hydrogen-bond donors (Lipinski definition) is 1. The minimum Gasteiger partial charge on any atom is -0.350 e. The van der Waals surface area contributed by atoms with Crippen LogP contribution >= 0.6 is 0 Å². The third kappa shape index (κ3) is 3.99. The molecule has 0 saturated heterocycles. The minimum atomic E-state index is -0.881. The molecular formula is C24H24N4O3. The third-order valence-corrected chi connectivity index (χ3v) is 5.49. The molecule has 0 spiro atoms. The Morgan fingerprint density at radius 3 is 2.16 bits per heavy atom. The fraction of sp³-hybridized carbons (Fsp3) is 0.250. The highest BCUT2D eigenvalue weighted by atomic mass is 16.2. The minimum absolute atomic E-state index is 0.233. The molecule has 7 heteroatoms. The predicted molar refractivity (Wildman–Crippen MR) is 115 cm³/mol. The van der Waals surface area contributed by atoms with Crippen molar-refractivity contribution in [2.75, 3.05) is 0 Å². The number of carbonyl (C=O) groups excluding carboxylic acids is 3. The van der Waals surface area contributed by atoms with Gasteiger partial charge in [-0.3, -0.25) is 19.3 Å². The molecule has 1 aromatic heterocycles. The molecule has 0 aliphatic carbocycles. The molecule has 0 saturated carbocycles. The van der Waals surface area contributed by atoms with Crippen LogP contribution in [0.5, 0.6) is 0 Å². The highest BCUT2D eigenvalue weighted by Crippen LogP contribution is 2.27. The summed E-state index contributed by atoms with van der Waals surface area (Å²) in [7, 11) is 0. The van der Waals surface area contributed by atoms with Gasteiger partial charge in [0.05, 0.1) is 17.5 Å². The van der Waals surface area contributed by atoms with Gasteiger partial charge in [-0.15, -0.1) is 0 Å². The highest BCUT2D eigenvalue weighted by molar-refractivity contribution is 6.22. The predicted octanol–water partition coefficient (Wildman–Crippen LogP) is 2.87. The van der Waals surface area contributed by atoms with Crippen molar-refractivity contribution >= 4 is 17.7 Å². The maximum absolute atomic E-state index is 13.1. The number of hydrogen-bond acceptors (Lipinski definition) is 4. The van der Waals surface area contributed by atoms with E-state index in [0.29, 0.717) is 24.2 Å². The van der Waals surface area contributed by atoms with Crippen LogP contribution in [0.25, 0.3) is 0 Å². The van der Waals surface area contributed by atoms with E-state index >= 15 is 0 Å². The average Bonchev–Trinajstić information content (AvgIpc) is 3.36. The van der Waals surface area contributed by atoms with E-state index in [1.54, 1.807) is 36.8 Å². The number of nitrogens with one attached hydrogen (secondary N) is 1. The SMILES string of the molecule is CC(C)C(C(=O)NCc1ccccc1Cn1ccnc1)N1C(=O)c2ccccc2C1=O. The van der Waals surface area contributed by atoms with Gasteiger partial charge in [-0.2, -0.15) is 0 Å². The summed E-state index contributed by atoms with van der Waals surface area (Å²) in [5, 5.41) is 2.94. The Kier molecular flexibility index (Phi) is 5.66. The Balaban J connectivity index is 1.51. The highest BCUT2D eigenvalue weighted by Gasteiger charge is 2.43. The van der Waals surface area contributed by atoms with Crippen LogP contribution in [0, 0.1) is 5.92 Å². The molecule has 0 radical (unpaired) electrons. The van der Waals surface area contributed by atoms with E-state index < -0.39 is 17.9 Å². The second-order valence-corrected chi connectivity index (χ2v) is 7.94. The average molecular weight is 416 g/mol. The van der Waals surface area contributed by atoms with Gasteiger partial charge in [-0.05, 0) is 29.2 Å². The molecule has 1 unspecified atom stereocenters. The van der Waals surface area contributed by atoms with E-state index in [0.717, 1.165) is 16.0 Å². The van der Waals surface area contributed by atoms with Gasteiger partial charge in [0, 0.05) is 25.5 Å². The molecule has 158 valence electrons. The largest absolute Gasteiger partial charge is 0.350 e. The first kappa shape index (κ1) is 20.5. The Morgan fingerprint density at radius 2 is 1.58 bits per heavy atom. The molecule has 2 aromatic carbocycles. The molecule has 2 heterocycles. The first-order valence-electron chi connectivity index (χ1n) is 10.2. The number of imide groups is 1. The second kappa shape index (κ2) is 8.55. The van der Waals surface area contributed by atoms with Gasteiger partial charge in [0.25, 0.3) is 11.8 Å². The normalized spacial score (nSPS) is 14.1. The van der Waals surface area contributed by atoms with Gasteiger partial charge >= 0.3 is 0 Å². The number of imidazole rings is 1. The van der Waals surface area contributed by atoms with E-state index in [-0.39, 0.29) is 11.8 Å². The number of carbonyl (C=O) groups is 3. The van der Waals surface area contributed by atoms with E-state index in [9.17, 15) is 14.4 Å². The van der Waals surface area contributed by atoms with Crippen molar-refractivity contribution in [1.82, 2.24) is 19.8 Å². The van der Waals surface area contributed by atoms with Crippen molar-refractivity contribution in [1.29, 1.82) is 0 Å². The van der Waals surface area contributed by atoms with Crippen LogP contribution < -0.4 is 5.32 Å². The van der Waals surface area contributed by atoms with E-state index in [1.165, 1.54) is 0 Å². The van der Waals surface area contributed by atoms with Gasteiger partial charge in [-0.25, -0.2) is 4.98 Å². The maximum atomic E-state index is 13.1. The topological polar surface area (TPSA) is 84.3 Å². The summed E-state index contributed by atoms with van der Waals surface area (Å²) in [6, 6.07) is 13.6. The first-order valence-corrected chi connectivity index (χ1v) is 10.2. The van der Waals surface area contributed by atoms with Crippen molar-refractivity contribution in [3.8, 4) is 0 Å². The van der Waals surface area contributed by atoms with Crippen LogP contribution in [0.15, 0.2) is 67.3 Å². The summed E-state index contributed by atoms with van der Waals surface area (Å²) >= 11 is 0. The Bertz CT molecular complexity index is 1090. The molecule has 1 aliphatic rings. The number of aromatic nitrogens is 2. The summed E-state index contributed by atoms with van der Waals surface area (Å²) in [5.41, 5.74) is 2.71. The summed E-state index contributed by atoms with van der Waals surface area (Å²) in [6.07, 6.45) is 5.35. The lowest BCUT2D eigenvalue weighted by Crippen LogP contribution is -2.52. The third-order valence-electron chi connectivity index (χ3n) is 5.49. The number of fused-ring (bicyclic) bond motifs is 1. The zero-order valence-electron chi connectivity index (χ0n) is 17.5. The van der Waals surface area contributed by atoms with Crippen LogP contribution in [0.3, 0.4) is 0 Å². The zero-order valence-corrected chi connectivity index (χ0v) is 17.5. The van der Waals surface area contributed by atoms with Gasteiger partial charge in [-0.1, -0.05) is 50.2 Å². The molecule has 3 amide bonds. The van der Waals surface area contributed by atoms with Crippen LogP contribution in [-0.2, 0) is 17.9 Å². The molecule has 1 N–H and O–H groups in total. The lowest BCUT2D eigenvalue weighted by atomic mass is 10.0. The molecule has 1 aliphatic heterocycles. The molecule has 31 heavy (non-hydrogen) atoms. The zero-order chi connectivity index (χ0) is 22.0. The van der Waals surface area contributed by atoms with Crippen LogP contribution in [0.1, 0.15) is 45.7 Å². The summed E-state index contributed by atoms with van der Waals surface area (Å²) in [5.74, 6) is -1.42. The molecular weight excluding hydrogens is 392 g/mol. The smallest absolute Gasteiger partial charge is 0.262 e. The summed E-state index contributed by atoms with van der Waals surface area (Å²) in [6.45, 7) is 4.61. The number of nitrogens with zero attached hydrogens (tertiary/aromatic N) is 3. The van der Waals surface area contributed by atoms with Gasteiger partial charge in [0.1, 0.15) is 6.04 Å². The Labute approximate surface area is 180 Å². The number of amides is 3. The van der Waals surface area contributed by atoms with Crippen molar-refractivity contribution in [3.63, 3.8) is 0 Å². The quantitative estimate of drug-likeness (QED) is 0.601. The first-order chi connectivity index (χ1) is 15.0. The van der Waals surface area contributed by atoms with Crippen molar-refractivity contribution in [2.45, 2.75) is 33.0 Å². The molecule has 3 aromatic rings. The second-order valence-electron chi connectivity index (χ2n) is 7.94. The van der Waals surface area contributed by atoms with Crippen molar-refractivity contribution in [3.05, 3.63) is 89.5 Å². The van der Waals surface area contributed by atoms with Crippen LogP contribution in [0.2, 0.25) is 0 Å². The fourth-order valence-electron chi connectivity index (χ4n) is 3.93. The number of rotatable bonds is 7. The van der Waals surface area contributed by atoms with Crippen LogP contribution in [-0.4, -0.2) is 38.2 Å². The monoisotopic (exact) mass is 416 g/mol. The van der Waals surface area contributed by atoms with E-state index in [4.69, 9.17) is 0 Å². The fourth-order valence-corrected chi connectivity index (χ4v) is 3.93. The molecule has 1 atom stereocenters. The Hall–Kier alpha value is -3.74. The summed E-state index contributed by atoms with van der Waals surface area (Å²) in [4.78, 5) is 44.1.